The van der Waals surface area contributed by atoms with Crippen LogP contribution in [-0.2, 0) is 9.47 Å². The molecule has 2 aliphatic heterocycles. The van der Waals surface area contributed by atoms with Gasteiger partial charge in [-0.05, 0) is 32.1 Å². The van der Waals surface area contributed by atoms with Gasteiger partial charge in [0.1, 0.15) is 0 Å². The summed E-state index contributed by atoms with van der Waals surface area (Å²) in [7, 11) is 1.86. The van der Waals surface area contributed by atoms with Crippen LogP contribution in [0.15, 0.2) is 17.6 Å². The molecular weight excluding hydrogens is 449 g/mol. The highest BCUT2D eigenvalue weighted by molar-refractivity contribution is 14.0. The molecule has 2 aliphatic rings. The van der Waals surface area contributed by atoms with Crippen molar-refractivity contribution in [3.8, 4) is 0 Å². The van der Waals surface area contributed by atoms with E-state index in [1.54, 1.807) is 0 Å². The third-order valence-corrected chi connectivity index (χ3v) is 5.47. The van der Waals surface area contributed by atoms with Crippen molar-refractivity contribution in [2.45, 2.75) is 44.3 Å². The van der Waals surface area contributed by atoms with Gasteiger partial charge in [0.2, 0.25) is 0 Å². The number of aliphatic imine (C=N–C) groups is 1. The summed E-state index contributed by atoms with van der Waals surface area (Å²) >= 11 is 1.89. The van der Waals surface area contributed by atoms with Crippen LogP contribution in [0.1, 0.15) is 32.1 Å². The van der Waals surface area contributed by atoms with Gasteiger partial charge in [-0.25, -0.2) is 0 Å². The predicted octanol–water partition coefficient (Wildman–Crippen LogP) is 3.15. The van der Waals surface area contributed by atoms with Crippen LogP contribution in [0.3, 0.4) is 0 Å². The van der Waals surface area contributed by atoms with Gasteiger partial charge in [-0.2, -0.15) is 11.8 Å². The molecule has 0 bridgehead atoms. The second-order valence-corrected chi connectivity index (χ2v) is 7.50. The lowest BCUT2D eigenvalue weighted by molar-refractivity contribution is -0.0721. The van der Waals surface area contributed by atoms with Gasteiger partial charge in [0.15, 0.2) is 5.96 Å². The summed E-state index contributed by atoms with van der Waals surface area (Å²) in [6.45, 7) is 8.37. The number of hydrogen-bond donors (Lipinski definition) is 1. The zero-order chi connectivity index (χ0) is 17.0. The molecule has 25 heavy (non-hydrogen) atoms. The Balaban J connectivity index is 0.00000312. The topological polar surface area (TPSA) is 46.1 Å². The van der Waals surface area contributed by atoms with Gasteiger partial charge in [-0.15, -0.1) is 30.6 Å². The number of piperidine rings is 1. The standard InChI is InChI=1S/C18H33N3O2S.HI/c1-3-13-24-14-9-20-18(19-2)21-10-7-16(8-11-21)23-15-17-6-4-5-12-22-17;/h3,16-17H,1,4-15H2,2H3,(H,19,20);1H. The first-order valence-electron chi connectivity index (χ1n) is 9.21. The molecule has 5 nitrogen and oxygen atoms in total. The van der Waals surface area contributed by atoms with Crippen molar-refractivity contribution >= 4 is 41.7 Å². The molecule has 2 fully saturated rings. The summed E-state index contributed by atoms with van der Waals surface area (Å²) in [5.41, 5.74) is 0. The Labute approximate surface area is 174 Å². The molecule has 7 heteroatoms. The van der Waals surface area contributed by atoms with Crippen LogP contribution in [0.2, 0.25) is 0 Å². The maximum absolute atomic E-state index is 6.08. The lowest BCUT2D eigenvalue weighted by Crippen LogP contribution is -2.47. The van der Waals surface area contributed by atoms with Crippen LogP contribution < -0.4 is 5.32 Å². The molecule has 2 rings (SSSR count). The minimum Gasteiger partial charge on any atom is -0.376 e. The normalized spacial score (nSPS) is 22.4. The van der Waals surface area contributed by atoms with Crippen LogP contribution in [0.5, 0.6) is 0 Å². The molecule has 1 atom stereocenters. The number of halogens is 1. The van der Waals surface area contributed by atoms with Gasteiger partial charge in [0.05, 0.1) is 18.8 Å². The highest BCUT2D eigenvalue weighted by Crippen LogP contribution is 2.17. The van der Waals surface area contributed by atoms with Crippen molar-refractivity contribution in [2.24, 2.45) is 4.99 Å². The number of nitrogens with zero attached hydrogens (tertiary/aromatic N) is 2. The smallest absolute Gasteiger partial charge is 0.193 e. The molecule has 0 aromatic heterocycles. The first kappa shape index (κ1) is 23.0. The van der Waals surface area contributed by atoms with E-state index in [1.807, 2.05) is 24.9 Å². The monoisotopic (exact) mass is 483 g/mol. The maximum atomic E-state index is 6.08. The number of nitrogens with one attached hydrogen (secondary N) is 1. The van der Waals surface area contributed by atoms with Crippen LogP contribution in [0.25, 0.3) is 0 Å². The number of ether oxygens (including phenoxy) is 2. The minimum absolute atomic E-state index is 0. The van der Waals surface area contributed by atoms with Gasteiger partial charge in [0, 0.05) is 44.8 Å². The quantitative estimate of drug-likeness (QED) is 0.189. The summed E-state index contributed by atoms with van der Waals surface area (Å²) in [6, 6.07) is 0. The molecule has 2 saturated heterocycles. The Bertz CT molecular complexity index is 385. The predicted molar refractivity (Wildman–Crippen MR) is 118 cm³/mol. The number of hydrogen-bond acceptors (Lipinski definition) is 4. The van der Waals surface area contributed by atoms with Crippen LogP contribution in [0, 0.1) is 0 Å². The van der Waals surface area contributed by atoms with E-state index in [9.17, 15) is 0 Å². The molecule has 1 unspecified atom stereocenters. The second kappa shape index (κ2) is 14.1. The first-order valence-corrected chi connectivity index (χ1v) is 10.4. The maximum Gasteiger partial charge on any atom is 0.193 e. The zero-order valence-electron chi connectivity index (χ0n) is 15.5. The van der Waals surface area contributed by atoms with Gasteiger partial charge in [-0.1, -0.05) is 6.08 Å². The van der Waals surface area contributed by atoms with E-state index in [-0.39, 0.29) is 24.0 Å². The van der Waals surface area contributed by atoms with Gasteiger partial charge < -0.3 is 19.7 Å². The Morgan fingerprint density at radius 3 is 2.80 bits per heavy atom. The number of thioether (sulfide) groups is 1. The van der Waals surface area contributed by atoms with Crippen molar-refractivity contribution in [2.75, 3.05) is 51.4 Å². The third-order valence-electron chi connectivity index (χ3n) is 4.51. The summed E-state index contributed by atoms with van der Waals surface area (Å²) in [4.78, 5) is 6.76. The molecule has 0 saturated carbocycles. The second-order valence-electron chi connectivity index (χ2n) is 6.35. The molecule has 0 spiro atoms. The molecular formula is C18H34IN3O2S. The first-order chi connectivity index (χ1) is 11.8. The molecule has 0 amide bonds. The average molecular weight is 483 g/mol. The number of rotatable bonds is 8. The van der Waals surface area contributed by atoms with Crippen molar-refractivity contribution in [3.63, 3.8) is 0 Å². The Kier molecular flexibility index (Phi) is 13.0. The van der Waals surface area contributed by atoms with Gasteiger partial charge >= 0.3 is 0 Å². The van der Waals surface area contributed by atoms with Gasteiger partial charge in [-0.3, -0.25) is 4.99 Å². The highest BCUT2D eigenvalue weighted by Gasteiger charge is 2.23. The van der Waals surface area contributed by atoms with Crippen LogP contribution >= 0.6 is 35.7 Å². The summed E-state index contributed by atoms with van der Waals surface area (Å²) < 4.78 is 11.8. The fourth-order valence-corrected chi connectivity index (χ4v) is 3.73. The fraction of sp³-hybridized carbons (Fsp3) is 0.833. The molecule has 0 radical (unpaired) electrons. The zero-order valence-corrected chi connectivity index (χ0v) is 18.6. The average Bonchev–Trinajstić information content (AvgIpc) is 2.64. The number of likely N-dealkylation sites (tertiary alicyclic amines) is 1. The van der Waals surface area contributed by atoms with E-state index in [1.165, 1.54) is 12.8 Å². The van der Waals surface area contributed by atoms with E-state index in [0.717, 1.165) is 69.6 Å². The van der Waals surface area contributed by atoms with E-state index in [2.05, 4.69) is 21.8 Å². The van der Waals surface area contributed by atoms with Crippen molar-refractivity contribution in [1.29, 1.82) is 0 Å². The molecule has 146 valence electrons. The molecule has 2 heterocycles. The SMILES string of the molecule is C=CCSCCNC(=NC)N1CCC(OCC2CCCCO2)CC1.I. The van der Waals surface area contributed by atoms with Crippen molar-refractivity contribution < 1.29 is 9.47 Å². The van der Waals surface area contributed by atoms with Crippen LogP contribution in [-0.4, -0.2) is 74.5 Å². The number of guanidine groups is 1. The Hall–Kier alpha value is 0.01000. The lowest BCUT2D eigenvalue weighted by Gasteiger charge is -2.35. The minimum atomic E-state index is 0. The molecule has 1 N–H and O–H groups in total. The third kappa shape index (κ3) is 8.97. The largest absolute Gasteiger partial charge is 0.376 e. The molecule has 0 aliphatic carbocycles. The van der Waals surface area contributed by atoms with Crippen molar-refractivity contribution in [1.82, 2.24) is 10.2 Å². The fourth-order valence-electron chi connectivity index (χ4n) is 3.15. The Morgan fingerprint density at radius 1 is 1.36 bits per heavy atom. The van der Waals surface area contributed by atoms with Gasteiger partial charge in [0.25, 0.3) is 0 Å². The summed E-state index contributed by atoms with van der Waals surface area (Å²) in [5.74, 6) is 3.10. The molecule has 0 aromatic carbocycles. The Morgan fingerprint density at radius 2 is 2.16 bits per heavy atom. The van der Waals surface area contributed by atoms with E-state index in [0.29, 0.717) is 12.2 Å². The van der Waals surface area contributed by atoms with Crippen molar-refractivity contribution in [3.05, 3.63) is 12.7 Å². The van der Waals surface area contributed by atoms with E-state index in [4.69, 9.17) is 9.47 Å². The highest BCUT2D eigenvalue weighted by atomic mass is 127. The van der Waals surface area contributed by atoms with E-state index < -0.39 is 0 Å². The summed E-state index contributed by atoms with van der Waals surface area (Å²) in [5, 5.41) is 3.46. The van der Waals surface area contributed by atoms with E-state index >= 15 is 0 Å². The van der Waals surface area contributed by atoms with Crippen LogP contribution in [0.4, 0.5) is 0 Å². The molecule has 0 aromatic rings. The lowest BCUT2D eigenvalue weighted by atomic mass is 10.1. The summed E-state index contributed by atoms with van der Waals surface area (Å²) in [6.07, 6.45) is 8.40.